The van der Waals surface area contributed by atoms with Gasteiger partial charge in [-0.05, 0) is 109 Å². The topological polar surface area (TPSA) is 52.0 Å². The molecule has 0 aliphatic carbocycles. The zero-order valence-corrected chi connectivity index (χ0v) is 20.8. The lowest BCUT2D eigenvalue weighted by atomic mass is 9.99. The van der Waals surface area contributed by atoms with E-state index in [4.69, 9.17) is 11.5 Å². The molecule has 0 bridgehead atoms. The lowest BCUT2D eigenvalue weighted by Crippen LogP contribution is -1.94. The normalized spacial score (nSPS) is 11.0. The molecule has 0 amide bonds. The zero-order chi connectivity index (χ0) is 24.3. The highest BCUT2D eigenvalue weighted by atomic mass is 14.5. The smallest absolute Gasteiger partial charge is 0.0314 e. The predicted molar refractivity (Wildman–Crippen MR) is 151 cm³/mol. The van der Waals surface area contributed by atoms with Crippen LogP contribution in [0.1, 0.15) is 52.6 Å². The number of nitrogen functional groups attached to an aromatic ring is 2. The summed E-state index contributed by atoms with van der Waals surface area (Å²) in [4.78, 5) is 0. The average Bonchev–Trinajstić information content (AvgIpc) is 2.89. The number of hydrogen-bond donors (Lipinski definition) is 2. The van der Waals surface area contributed by atoms with Crippen molar-refractivity contribution in [2.45, 2.75) is 57.8 Å². The van der Waals surface area contributed by atoms with Crippen molar-refractivity contribution in [1.29, 1.82) is 0 Å². The van der Waals surface area contributed by atoms with Gasteiger partial charge in [0.05, 0.1) is 0 Å². The molecular formula is C33H38N2. The molecule has 0 saturated carbocycles. The van der Waals surface area contributed by atoms with Crippen molar-refractivity contribution in [1.82, 2.24) is 0 Å². The van der Waals surface area contributed by atoms with Crippen molar-refractivity contribution in [3.8, 4) is 0 Å². The molecule has 0 atom stereocenters. The van der Waals surface area contributed by atoms with Gasteiger partial charge in [-0.15, -0.1) is 0 Å². The fourth-order valence-electron chi connectivity index (χ4n) is 4.53. The quantitative estimate of drug-likeness (QED) is 0.170. The number of unbranched alkanes of at least 4 members (excludes halogenated alkanes) is 2. The molecule has 35 heavy (non-hydrogen) atoms. The van der Waals surface area contributed by atoms with Gasteiger partial charge in [-0.3, -0.25) is 0 Å². The van der Waals surface area contributed by atoms with Gasteiger partial charge < -0.3 is 11.5 Å². The minimum atomic E-state index is 0.831. The van der Waals surface area contributed by atoms with Gasteiger partial charge in [-0.25, -0.2) is 0 Å². The van der Waals surface area contributed by atoms with Gasteiger partial charge in [0.25, 0.3) is 0 Å². The number of nitrogens with two attached hydrogens (primary N) is 2. The Morgan fingerprint density at radius 1 is 0.286 bits per heavy atom. The predicted octanol–water partition coefficient (Wildman–Crippen LogP) is 7.38. The first-order chi connectivity index (χ1) is 17.1. The molecule has 4 aromatic carbocycles. The number of aryl methyl sites for hydroxylation is 6. The molecule has 0 saturated heterocycles. The molecule has 0 aromatic heterocycles. The van der Waals surface area contributed by atoms with E-state index in [1.807, 2.05) is 24.3 Å². The Morgan fingerprint density at radius 2 is 0.514 bits per heavy atom. The highest BCUT2D eigenvalue weighted by Gasteiger charge is 2.01. The highest BCUT2D eigenvalue weighted by molar-refractivity contribution is 5.40. The third kappa shape index (κ3) is 8.33. The van der Waals surface area contributed by atoms with Crippen molar-refractivity contribution in [3.63, 3.8) is 0 Å². The third-order valence-electron chi connectivity index (χ3n) is 6.84. The minimum absolute atomic E-state index is 0.831. The number of anilines is 2. The van der Waals surface area contributed by atoms with Gasteiger partial charge in [0, 0.05) is 11.4 Å². The van der Waals surface area contributed by atoms with Crippen LogP contribution in [-0.2, 0) is 38.5 Å². The summed E-state index contributed by atoms with van der Waals surface area (Å²) in [6.45, 7) is 0. The van der Waals surface area contributed by atoms with Crippen LogP contribution in [0.15, 0.2) is 97.1 Å². The van der Waals surface area contributed by atoms with Crippen LogP contribution in [0.25, 0.3) is 0 Å². The molecule has 0 radical (unpaired) electrons. The maximum atomic E-state index is 5.77. The number of hydrogen-bond acceptors (Lipinski definition) is 2. The van der Waals surface area contributed by atoms with E-state index in [-0.39, 0.29) is 0 Å². The Labute approximate surface area is 211 Å². The summed E-state index contributed by atoms with van der Waals surface area (Å²) in [6, 6.07) is 34.8. The number of rotatable bonds is 12. The third-order valence-corrected chi connectivity index (χ3v) is 6.84. The molecule has 2 heteroatoms. The van der Waals surface area contributed by atoms with Crippen LogP contribution in [0.4, 0.5) is 11.4 Å². The molecule has 0 aliphatic rings. The zero-order valence-electron chi connectivity index (χ0n) is 20.8. The average molecular weight is 463 g/mol. The van der Waals surface area contributed by atoms with E-state index in [9.17, 15) is 0 Å². The SMILES string of the molecule is Nc1ccc(CCc2ccc(CCCCCc3ccc(CCc4ccc(N)cc4)cc3)cc2)cc1. The second kappa shape index (κ2) is 12.8. The van der Waals surface area contributed by atoms with E-state index in [1.54, 1.807) is 0 Å². The standard InChI is InChI=1S/C33H38N2/c34-32-22-18-30(19-23-32)16-14-28-10-6-26(7-11-28)4-2-1-3-5-27-8-12-29(13-9-27)15-17-31-20-24-33(35)25-21-31/h6-13,18-25H,1-5,14-17,34-35H2. The van der Waals surface area contributed by atoms with E-state index < -0.39 is 0 Å². The molecule has 180 valence electrons. The summed E-state index contributed by atoms with van der Waals surface area (Å²) < 4.78 is 0. The van der Waals surface area contributed by atoms with E-state index in [0.29, 0.717) is 0 Å². The summed E-state index contributed by atoms with van der Waals surface area (Å²) in [7, 11) is 0. The first kappa shape index (κ1) is 24.6. The summed E-state index contributed by atoms with van der Waals surface area (Å²) >= 11 is 0. The van der Waals surface area contributed by atoms with Crippen LogP contribution < -0.4 is 11.5 Å². The Morgan fingerprint density at radius 3 is 0.800 bits per heavy atom. The molecule has 2 nitrogen and oxygen atoms in total. The fraction of sp³-hybridized carbons (Fsp3) is 0.273. The molecule has 4 N–H and O–H groups in total. The van der Waals surface area contributed by atoms with Gasteiger partial charge in [0.15, 0.2) is 0 Å². The Bertz CT molecular complexity index is 1050. The Balaban J connectivity index is 1.10. The molecule has 0 heterocycles. The van der Waals surface area contributed by atoms with Crippen molar-refractivity contribution >= 4 is 11.4 Å². The maximum absolute atomic E-state index is 5.77. The van der Waals surface area contributed by atoms with E-state index in [1.165, 1.54) is 65.5 Å². The van der Waals surface area contributed by atoms with Crippen molar-refractivity contribution in [3.05, 3.63) is 130 Å². The van der Waals surface area contributed by atoms with Crippen molar-refractivity contribution in [2.24, 2.45) is 0 Å². The van der Waals surface area contributed by atoms with Crippen molar-refractivity contribution in [2.75, 3.05) is 11.5 Å². The second-order valence-electron chi connectivity index (χ2n) is 9.68. The van der Waals surface area contributed by atoms with Crippen molar-refractivity contribution < 1.29 is 0 Å². The van der Waals surface area contributed by atoms with Crippen LogP contribution in [0.5, 0.6) is 0 Å². The lowest BCUT2D eigenvalue weighted by Gasteiger charge is -2.07. The summed E-state index contributed by atoms with van der Waals surface area (Å²) in [5, 5.41) is 0. The van der Waals surface area contributed by atoms with Crippen LogP contribution >= 0.6 is 0 Å². The van der Waals surface area contributed by atoms with Gasteiger partial charge >= 0.3 is 0 Å². The van der Waals surface area contributed by atoms with Gasteiger partial charge in [0.2, 0.25) is 0 Å². The maximum Gasteiger partial charge on any atom is 0.0314 e. The van der Waals surface area contributed by atoms with Crippen LogP contribution in [0, 0.1) is 0 Å². The van der Waals surface area contributed by atoms with E-state index in [2.05, 4.69) is 72.8 Å². The highest BCUT2D eigenvalue weighted by Crippen LogP contribution is 2.15. The minimum Gasteiger partial charge on any atom is -0.399 e. The fourth-order valence-corrected chi connectivity index (χ4v) is 4.53. The Kier molecular flexibility index (Phi) is 9.00. The lowest BCUT2D eigenvalue weighted by molar-refractivity contribution is 0.678. The first-order valence-electron chi connectivity index (χ1n) is 13.0. The van der Waals surface area contributed by atoms with Crippen LogP contribution in [-0.4, -0.2) is 0 Å². The van der Waals surface area contributed by atoms with Gasteiger partial charge in [-0.2, -0.15) is 0 Å². The molecule has 0 aliphatic heterocycles. The summed E-state index contributed by atoms with van der Waals surface area (Å²) in [5.74, 6) is 0. The summed E-state index contributed by atoms with van der Waals surface area (Å²) in [5.41, 5.74) is 21.6. The number of benzene rings is 4. The first-order valence-corrected chi connectivity index (χ1v) is 13.0. The molecule has 0 fully saturated rings. The molecule has 4 rings (SSSR count). The van der Waals surface area contributed by atoms with Gasteiger partial charge in [0.1, 0.15) is 0 Å². The molecular weight excluding hydrogens is 424 g/mol. The molecule has 0 spiro atoms. The molecule has 4 aromatic rings. The van der Waals surface area contributed by atoms with E-state index in [0.717, 1.165) is 37.1 Å². The largest absolute Gasteiger partial charge is 0.399 e. The van der Waals surface area contributed by atoms with Crippen LogP contribution in [0.3, 0.4) is 0 Å². The Hall–Kier alpha value is -3.52. The summed E-state index contributed by atoms with van der Waals surface area (Å²) in [6.07, 6.45) is 10.4. The monoisotopic (exact) mass is 462 g/mol. The molecule has 0 unspecified atom stereocenters. The van der Waals surface area contributed by atoms with Crippen LogP contribution in [0.2, 0.25) is 0 Å². The van der Waals surface area contributed by atoms with Gasteiger partial charge in [-0.1, -0.05) is 79.2 Å². The second-order valence-corrected chi connectivity index (χ2v) is 9.68. The van der Waals surface area contributed by atoms with E-state index >= 15 is 0 Å².